The van der Waals surface area contributed by atoms with Gasteiger partial charge in [-0.2, -0.15) is 0 Å². The second-order valence-electron chi connectivity index (χ2n) is 5.59. The van der Waals surface area contributed by atoms with Gasteiger partial charge < -0.3 is 0 Å². The summed E-state index contributed by atoms with van der Waals surface area (Å²) in [6.07, 6.45) is 3.94. The van der Waals surface area contributed by atoms with Gasteiger partial charge in [0.1, 0.15) is 0 Å². The summed E-state index contributed by atoms with van der Waals surface area (Å²) < 4.78 is 0.915. The number of thiophene rings is 1. The molecule has 0 saturated carbocycles. The molecule has 18 heavy (non-hydrogen) atoms. The molecule has 1 aromatic rings. The molecule has 2 unspecified atom stereocenters. The predicted molar refractivity (Wildman–Crippen MR) is 78.7 cm³/mol. The lowest BCUT2D eigenvalue weighted by molar-refractivity contribution is 0.0606. The van der Waals surface area contributed by atoms with Crippen LogP contribution in [0.1, 0.15) is 24.6 Å². The topological polar surface area (TPSA) is 6.48 Å². The van der Waals surface area contributed by atoms with Crippen LogP contribution in [0.4, 0.5) is 0 Å². The molecular formula is C14H21ClN2S. The zero-order valence-corrected chi connectivity index (χ0v) is 12.5. The van der Waals surface area contributed by atoms with Crippen LogP contribution >= 0.6 is 22.9 Å². The summed E-state index contributed by atoms with van der Waals surface area (Å²) in [5, 5.41) is 0. The second kappa shape index (κ2) is 5.49. The van der Waals surface area contributed by atoms with Crippen LogP contribution in [0.2, 0.25) is 4.34 Å². The van der Waals surface area contributed by atoms with Crippen molar-refractivity contribution in [1.82, 2.24) is 9.80 Å². The lowest BCUT2D eigenvalue weighted by Crippen LogP contribution is -2.55. The quantitative estimate of drug-likeness (QED) is 0.841. The summed E-state index contributed by atoms with van der Waals surface area (Å²) in [6.45, 7) is 7.40. The minimum Gasteiger partial charge on any atom is -0.298 e. The van der Waals surface area contributed by atoms with Crippen LogP contribution < -0.4 is 0 Å². The van der Waals surface area contributed by atoms with Crippen LogP contribution in [0, 0.1) is 0 Å². The van der Waals surface area contributed by atoms with Gasteiger partial charge in [0.05, 0.1) is 4.34 Å². The van der Waals surface area contributed by atoms with E-state index in [4.69, 9.17) is 11.6 Å². The molecule has 3 rings (SSSR count). The molecule has 0 aromatic carbocycles. The van der Waals surface area contributed by atoms with Crippen LogP contribution in [-0.4, -0.2) is 48.1 Å². The Balaban J connectivity index is 1.55. The maximum absolute atomic E-state index is 5.98. The zero-order chi connectivity index (χ0) is 12.5. The highest BCUT2D eigenvalue weighted by Gasteiger charge is 2.33. The van der Waals surface area contributed by atoms with Gasteiger partial charge in [-0.25, -0.2) is 0 Å². The number of hydrogen-bond donors (Lipinski definition) is 0. The van der Waals surface area contributed by atoms with Gasteiger partial charge in [0.2, 0.25) is 0 Å². The Morgan fingerprint density at radius 1 is 1.39 bits per heavy atom. The Morgan fingerprint density at radius 3 is 3.06 bits per heavy atom. The highest BCUT2D eigenvalue weighted by molar-refractivity contribution is 7.16. The first-order valence-electron chi connectivity index (χ1n) is 6.94. The molecule has 0 N–H and O–H groups in total. The predicted octanol–water partition coefficient (Wildman–Crippen LogP) is 3.11. The summed E-state index contributed by atoms with van der Waals surface area (Å²) in [4.78, 5) is 6.77. The number of halogens is 1. The van der Waals surface area contributed by atoms with Crippen molar-refractivity contribution in [2.24, 2.45) is 0 Å². The summed E-state index contributed by atoms with van der Waals surface area (Å²) >= 11 is 7.71. The molecule has 2 aliphatic heterocycles. The van der Waals surface area contributed by atoms with E-state index in [9.17, 15) is 0 Å². The highest BCUT2D eigenvalue weighted by Crippen LogP contribution is 2.26. The fraction of sp³-hybridized carbons (Fsp3) is 0.714. The van der Waals surface area contributed by atoms with E-state index in [2.05, 4.69) is 22.8 Å². The van der Waals surface area contributed by atoms with E-state index in [1.807, 2.05) is 6.07 Å². The Hall–Kier alpha value is -0.0900. The van der Waals surface area contributed by atoms with Gasteiger partial charge in [-0.3, -0.25) is 9.80 Å². The van der Waals surface area contributed by atoms with Crippen molar-refractivity contribution >= 4 is 22.9 Å². The van der Waals surface area contributed by atoms with Crippen molar-refractivity contribution in [3.05, 3.63) is 21.3 Å². The summed E-state index contributed by atoms with van der Waals surface area (Å²) in [5.74, 6) is 0. The minimum absolute atomic E-state index is 0.704. The van der Waals surface area contributed by atoms with Crippen LogP contribution in [0.3, 0.4) is 0 Å². The second-order valence-corrected chi connectivity index (χ2v) is 7.39. The molecule has 2 fully saturated rings. The Bertz CT molecular complexity index is 406. The summed E-state index contributed by atoms with van der Waals surface area (Å²) in [6, 6.07) is 5.71. The number of nitrogens with zero attached hydrogens (tertiary/aromatic N) is 2. The molecule has 2 atom stereocenters. The molecule has 1 aromatic heterocycles. The minimum atomic E-state index is 0.704. The van der Waals surface area contributed by atoms with E-state index < -0.39 is 0 Å². The first-order chi connectivity index (χ1) is 8.72. The molecule has 0 bridgehead atoms. The Morgan fingerprint density at radius 2 is 2.28 bits per heavy atom. The number of fused-ring (bicyclic) bond motifs is 1. The van der Waals surface area contributed by atoms with Crippen LogP contribution in [-0.2, 0) is 6.42 Å². The van der Waals surface area contributed by atoms with Gasteiger partial charge in [-0.1, -0.05) is 11.6 Å². The fourth-order valence-electron chi connectivity index (χ4n) is 3.30. The van der Waals surface area contributed by atoms with E-state index in [0.717, 1.165) is 16.8 Å². The smallest absolute Gasteiger partial charge is 0.0931 e. The average molecular weight is 285 g/mol. The Kier molecular flexibility index (Phi) is 3.94. The van der Waals surface area contributed by atoms with Crippen molar-refractivity contribution in [3.63, 3.8) is 0 Å². The SMILES string of the molecule is CC1CN2CCCC2CN1CCc1ccc(Cl)s1. The molecule has 4 heteroatoms. The van der Waals surface area contributed by atoms with Crippen molar-refractivity contribution < 1.29 is 0 Å². The molecule has 0 spiro atoms. The van der Waals surface area contributed by atoms with E-state index in [-0.39, 0.29) is 0 Å². The molecule has 0 amide bonds. The van der Waals surface area contributed by atoms with Crippen LogP contribution in [0.15, 0.2) is 12.1 Å². The third kappa shape index (κ3) is 2.74. The first kappa shape index (κ1) is 12.9. The van der Waals surface area contributed by atoms with Gasteiger partial charge in [0, 0.05) is 36.6 Å². The molecule has 100 valence electrons. The molecule has 0 radical (unpaired) electrons. The standard InChI is InChI=1S/C14H21ClN2S/c1-11-9-17-7-2-3-12(17)10-16(11)8-6-13-4-5-14(15)18-13/h4-5,11-12H,2-3,6-10H2,1H3. The van der Waals surface area contributed by atoms with Crippen molar-refractivity contribution in [2.75, 3.05) is 26.2 Å². The first-order valence-corrected chi connectivity index (χ1v) is 8.14. The summed E-state index contributed by atoms with van der Waals surface area (Å²) in [5.41, 5.74) is 0. The van der Waals surface area contributed by atoms with Crippen LogP contribution in [0.5, 0.6) is 0 Å². The monoisotopic (exact) mass is 284 g/mol. The van der Waals surface area contributed by atoms with Gasteiger partial charge in [0.15, 0.2) is 0 Å². The van der Waals surface area contributed by atoms with Crippen molar-refractivity contribution in [3.8, 4) is 0 Å². The third-order valence-electron chi connectivity index (χ3n) is 4.34. The number of hydrogen-bond acceptors (Lipinski definition) is 3. The molecule has 3 heterocycles. The molecule has 0 aliphatic carbocycles. The fourth-order valence-corrected chi connectivity index (χ4v) is 4.38. The summed E-state index contributed by atoms with van der Waals surface area (Å²) in [7, 11) is 0. The van der Waals surface area contributed by atoms with E-state index >= 15 is 0 Å². The number of rotatable bonds is 3. The molecule has 2 nitrogen and oxygen atoms in total. The van der Waals surface area contributed by atoms with Gasteiger partial charge in [-0.15, -0.1) is 11.3 Å². The van der Waals surface area contributed by atoms with E-state index in [1.165, 1.54) is 43.9 Å². The largest absolute Gasteiger partial charge is 0.298 e. The molecule has 2 aliphatic rings. The average Bonchev–Trinajstić information content (AvgIpc) is 2.94. The lowest BCUT2D eigenvalue weighted by atomic mass is 10.1. The van der Waals surface area contributed by atoms with Crippen LogP contribution in [0.25, 0.3) is 0 Å². The third-order valence-corrected chi connectivity index (χ3v) is 5.63. The maximum Gasteiger partial charge on any atom is 0.0931 e. The van der Waals surface area contributed by atoms with Gasteiger partial charge in [0.25, 0.3) is 0 Å². The zero-order valence-electron chi connectivity index (χ0n) is 10.9. The van der Waals surface area contributed by atoms with E-state index in [0.29, 0.717) is 6.04 Å². The number of piperazine rings is 1. The normalized spacial score (nSPS) is 29.7. The maximum atomic E-state index is 5.98. The lowest BCUT2D eigenvalue weighted by Gasteiger charge is -2.42. The van der Waals surface area contributed by atoms with E-state index in [1.54, 1.807) is 11.3 Å². The van der Waals surface area contributed by atoms with Gasteiger partial charge >= 0.3 is 0 Å². The Labute approximate surface area is 119 Å². The van der Waals surface area contributed by atoms with Crippen molar-refractivity contribution in [1.29, 1.82) is 0 Å². The highest BCUT2D eigenvalue weighted by atomic mass is 35.5. The molecular weight excluding hydrogens is 264 g/mol. The van der Waals surface area contributed by atoms with Gasteiger partial charge in [-0.05, 0) is 44.9 Å². The molecule has 2 saturated heterocycles. The van der Waals surface area contributed by atoms with Crippen molar-refractivity contribution in [2.45, 2.75) is 38.3 Å².